The lowest BCUT2D eigenvalue weighted by atomic mass is 9.98. The van der Waals surface area contributed by atoms with Gasteiger partial charge in [0.15, 0.2) is 5.75 Å². The summed E-state index contributed by atoms with van der Waals surface area (Å²) >= 11 is 0. The maximum Gasteiger partial charge on any atom is 0.307 e. The Labute approximate surface area is 158 Å². The van der Waals surface area contributed by atoms with Gasteiger partial charge in [-0.1, -0.05) is 30.3 Å². The van der Waals surface area contributed by atoms with E-state index in [2.05, 4.69) is 5.32 Å². The Hall–Kier alpha value is -2.86. The van der Waals surface area contributed by atoms with Crippen molar-refractivity contribution in [2.24, 2.45) is 5.92 Å². The van der Waals surface area contributed by atoms with Crippen molar-refractivity contribution in [2.75, 3.05) is 25.0 Å². The Morgan fingerprint density at radius 2 is 1.85 bits per heavy atom. The summed E-state index contributed by atoms with van der Waals surface area (Å²) in [4.78, 5) is 25.6. The molecule has 0 spiro atoms. The molecule has 0 bridgehead atoms. The van der Waals surface area contributed by atoms with Gasteiger partial charge in [0, 0.05) is 19.5 Å². The quantitative estimate of drug-likeness (QED) is 0.781. The number of carbonyl (C=O) groups excluding carboxylic acids is 1. The highest BCUT2D eigenvalue weighted by Crippen LogP contribution is 2.29. The van der Waals surface area contributed by atoms with E-state index in [1.165, 1.54) is 0 Å². The largest absolute Gasteiger partial charge is 0.481 e. The van der Waals surface area contributed by atoms with Crippen LogP contribution >= 0.6 is 0 Å². The number of carboxylic acids is 1. The lowest BCUT2D eigenvalue weighted by Gasteiger charge is -2.30. The Morgan fingerprint density at radius 3 is 2.63 bits per heavy atom. The van der Waals surface area contributed by atoms with E-state index in [1.807, 2.05) is 53.4 Å². The minimum Gasteiger partial charge on any atom is -0.481 e. The fourth-order valence-electron chi connectivity index (χ4n) is 3.21. The molecule has 1 amide bonds. The number of hydrogen-bond donors (Lipinski definition) is 2. The van der Waals surface area contributed by atoms with Crippen LogP contribution in [0, 0.1) is 5.92 Å². The zero-order valence-corrected chi connectivity index (χ0v) is 15.1. The molecule has 1 saturated heterocycles. The standard InChI is InChI=1S/C21H24N2O4/c24-20(12-14-23-13-6-7-16(15-23)21(25)26)22-18-10-4-5-11-19(18)27-17-8-2-1-3-9-17/h1-5,8-11,16H,6-7,12-15H2,(H,22,24)(H,25,26). The van der Waals surface area contributed by atoms with Gasteiger partial charge in [0.25, 0.3) is 0 Å². The number of likely N-dealkylation sites (tertiary alicyclic amines) is 1. The van der Waals surface area contributed by atoms with Crippen LogP contribution in [0.15, 0.2) is 54.6 Å². The average Bonchev–Trinajstić information content (AvgIpc) is 2.69. The molecule has 142 valence electrons. The van der Waals surface area contributed by atoms with Crippen molar-refractivity contribution in [3.05, 3.63) is 54.6 Å². The van der Waals surface area contributed by atoms with E-state index in [0.29, 0.717) is 43.1 Å². The molecule has 1 heterocycles. The molecule has 0 radical (unpaired) electrons. The van der Waals surface area contributed by atoms with Crippen molar-refractivity contribution in [3.8, 4) is 11.5 Å². The maximum absolute atomic E-state index is 12.4. The number of nitrogens with zero attached hydrogens (tertiary/aromatic N) is 1. The fraction of sp³-hybridized carbons (Fsp3) is 0.333. The summed E-state index contributed by atoms with van der Waals surface area (Å²) in [7, 11) is 0. The third-order valence-electron chi connectivity index (χ3n) is 4.64. The van der Waals surface area contributed by atoms with Crippen molar-refractivity contribution in [1.82, 2.24) is 4.90 Å². The summed E-state index contributed by atoms with van der Waals surface area (Å²) in [5.74, 6) is 0.0858. The molecule has 2 aromatic carbocycles. The number of para-hydroxylation sites is 3. The minimum atomic E-state index is -0.754. The summed E-state index contributed by atoms with van der Waals surface area (Å²) in [6.07, 6.45) is 1.88. The number of ether oxygens (including phenoxy) is 1. The van der Waals surface area contributed by atoms with Crippen LogP contribution in [0.4, 0.5) is 5.69 Å². The second-order valence-electron chi connectivity index (χ2n) is 6.69. The first-order valence-electron chi connectivity index (χ1n) is 9.19. The average molecular weight is 368 g/mol. The maximum atomic E-state index is 12.4. The van der Waals surface area contributed by atoms with E-state index in [1.54, 1.807) is 6.07 Å². The van der Waals surface area contributed by atoms with Crippen LogP contribution in [-0.4, -0.2) is 41.5 Å². The summed E-state index contributed by atoms with van der Waals surface area (Å²) in [5.41, 5.74) is 0.619. The molecule has 3 rings (SSSR count). The van der Waals surface area contributed by atoms with E-state index >= 15 is 0 Å². The molecule has 2 N–H and O–H groups in total. The molecule has 1 aliphatic rings. The van der Waals surface area contributed by atoms with Crippen molar-refractivity contribution in [1.29, 1.82) is 0 Å². The predicted octanol–water partition coefficient (Wildman–Crippen LogP) is 3.60. The third-order valence-corrected chi connectivity index (χ3v) is 4.64. The highest BCUT2D eigenvalue weighted by Gasteiger charge is 2.25. The van der Waals surface area contributed by atoms with Crippen LogP contribution in [0.2, 0.25) is 0 Å². The van der Waals surface area contributed by atoms with Crippen LogP contribution < -0.4 is 10.1 Å². The molecule has 6 nitrogen and oxygen atoms in total. The topological polar surface area (TPSA) is 78.9 Å². The van der Waals surface area contributed by atoms with E-state index in [4.69, 9.17) is 9.84 Å². The van der Waals surface area contributed by atoms with E-state index in [-0.39, 0.29) is 11.8 Å². The molecule has 2 aromatic rings. The Bertz CT molecular complexity index is 779. The number of aliphatic carboxylic acids is 1. The highest BCUT2D eigenvalue weighted by atomic mass is 16.5. The van der Waals surface area contributed by atoms with Gasteiger partial charge in [0.05, 0.1) is 11.6 Å². The van der Waals surface area contributed by atoms with Crippen molar-refractivity contribution in [2.45, 2.75) is 19.3 Å². The third kappa shape index (κ3) is 5.56. The molecule has 0 saturated carbocycles. The predicted molar refractivity (Wildman–Crippen MR) is 103 cm³/mol. The number of piperidine rings is 1. The van der Waals surface area contributed by atoms with Gasteiger partial charge >= 0.3 is 5.97 Å². The molecule has 0 aliphatic carbocycles. The van der Waals surface area contributed by atoms with Crippen LogP contribution in [0.1, 0.15) is 19.3 Å². The molecular formula is C21H24N2O4. The molecule has 1 atom stereocenters. The van der Waals surface area contributed by atoms with Gasteiger partial charge in [-0.05, 0) is 43.7 Å². The lowest BCUT2D eigenvalue weighted by Crippen LogP contribution is -2.40. The Balaban J connectivity index is 1.54. The van der Waals surface area contributed by atoms with Gasteiger partial charge in [-0.15, -0.1) is 0 Å². The van der Waals surface area contributed by atoms with Crippen molar-refractivity contribution >= 4 is 17.6 Å². The van der Waals surface area contributed by atoms with Crippen LogP contribution in [-0.2, 0) is 9.59 Å². The monoisotopic (exact) mass is 368 g/mol. The number of benzene rings is 2. The summed E-state index contributed by atoms with van der Waals surface area (Å²) < 4.78 is 5.85. The summed E-state index contributed by atoms with van der Waals surface area (Å²) in [6, 6.07) is 16.7. The van der Waals surface area contributed by atoms with Crippen LogP contribution in [0.25, 0.3) is 0 Å². The Morgan fingerprint density at radius 1 is 1.11 bits per heavy atom. The van der Waals surface area contributed by atoms with E-state index in [0.717, 1.165) is 13.0 Å². The second kappa shape index (κ2) is 9.19. The first-order valence-corrected chi connectivity index (χ1v) is 9.19. The number of amides is 1. The molecular weight excluding hydrogens is 344 g/mol. The molecule has 6 heteroatoms. The van der Waals surface area contributed by atoms with Crippen LogP contribution in [0.5, 0.6) is 11.5 Å². The molecule has 1 fully saturated rings. The van der Waals surface area contributed by atoms with Gasteiger partial charge in [0.1, 0.15) is 5.75 Å². The zero-order valence-electron chi connectivity index (χ0n) is 15.1. The van der Waals surface area contributed by atoms with E-state index < -0.39 is 5.97 Å². The first kappa shape index (κ1) is 18.9. The van der Waals surface area contributed by atoms with Gasteiger partial charge in [-0.25, -0.2) is 0 Å². The number of rotatable bonds is 7. The van der Waals surface area contributed by atoms with E-state index in [9.17, 15) is 9.59 Å². The fourth-order valence-corrected chi connectivity index (χ4v) is 3.21. The molecule has 27 heavy (non-hydrogen) atoms. The normalized spacial score (nSPS) is 17.3. The highest BCUT2D eigenvalue weighted by molar-refractivity contribution is 5.92. The number of nitrogens with one attached hydrogen (secondary N) is 1. The van der Waals surface area contributed by atoms with Crippen molar-refractivity contribution < 1.29 is 19.4 Å². The number of anilines is 1. The molecule has 1 unspecified atom stereocenters. The van der Waals surface area contributed by atoms with Gasteiger partial charge in [-0.3, -0.25) is 9.59 Å². The van der Waals surface area contributed by atoms with Crippen LogP contribution in [0.3, 0.4) is 0 Å². The number of carboxylic acid groups (broad SMARTS) is 1. The van der Waals surface area contributed by atoms with Gasteiger partial charge < -0.3 is 20.1 Å². The summed E-state index contributed by atoms with van der Waals surface area (Å²) in [6.45, 7) is 1.90. The lowest BCUT2D eigenvalue weighted by molar-refractivity contribution is -0.143. The smallest absolute Gasteiger partial charge is 0.307 e. The van der Waals surface area contributed by atoms with Gasteiger partial charge in [0.2, 0.25) is 5.91 Å². The number of carbonyl (C=O) groups is 2. The second-order valence-corrected chi connectivity index (χ2v) is 6.69. The first-order chi connectivity index (χ1) is 13.1. The Kier molecular flexibility index (Phi) is 6.44. The number of hydrogen-bond acceptors (Lipinski definition) is 4. The minimum absolute atomic E-state index is 0.114. The zero-order chi connectivity index (χ0) is 19.1. The summed E-state index contributed by atoms with van der Waals surface area (Å²) in [5, 5.41) is 12.1. The molecule has 1 aliphatic heterocycles. The van der Waals surface area contributed by atoms with Crippen molar-refractivity contribution in [3.63, 3.8) is 0 Å². The van der Waals surface area contributed by atoms with Gasteiger partial charge in [-0.2, -0.15) is 0 Å². The SMILES string of the molecule is O=C(CCN1CCCC(C(=O)O)C1)Nc1ccccc1Oc1ccccc1. The molecule has 0 aromatic heterocycles.